The quantitative estimate of drug-likeness (QED) is 0.369. The van der Waals surface area contributed by atoms with Crippen LogP contribution in [0.15, 0.2) is 47.6 Å². The zero-order chi connectivity index (χ0) is 24.0. The van der Waals surface area contributed by atoms with Gasteiger partial charge in [0.25, 0.3) is 0 Å². The number of rotatable bonds is 9. The molecule has 0 radical (unpaired) electrons. The minimum atomic E-state index is -1.06. The van der Waals surface area contributed by atoms with E-state index in [0.29, 0.717) is 11.4 Å². The number of halogens is 1. The van der Waals surface area contributed by atoms with Gasteiger partial charge in [0, 0.05) is 11.4 Å². The Morgan fingerprint density at radius 1 is 1.18 bits per heavy atom. The minimum Gasteiger partial charge on any atom is -0.394 e. The van der Waals surface area contributed by atoms with Crippen molar-refractivity contribution in [1.29, 1.82) is 0 Å². The third kappa shape index (κ3) is 6.78. The van der Waals surface area contributed by atoms with Gasteiger partial charge in [-0.15, -0.1) is 0 Å². The number of benzene rings is 2. The fraction of sp³-hybridized carbons (Fsp3) is 0.500. The average molecular weight is 476 g/mol. The highest BCUT2D eigenvalue weighted by atomic mass is 35.5. The summed E-state index contributed by atoms with van der Waals surface area (Å²) in [6, 6.07) is 13.7. The fourth-order valence-electron chi connectivity index (χ4n) is 3.94. The first-order valence-electron chi connectivity index (χ1n) is 11.5. The zero-order valence-corrected chi connectivity index (χ0v) is 20.2. The Hall–Kier alpha value is -1.96. The Balaban J connectivity index is 1.79. The summed E-state index contributed by atoms with van der Waals surface area (Å²) in [7, 11) is 0. The molecule has 1 aliphatic rings. The first kappa shape index (κ1) is 25.7. The Morgan fingerprint density at radius 2 is 1.91 bits per heavy atom. The number of aliphatic hydroxyl groups is 3. The molecule has 4 atom stereocenters. The highest BCUT2D eigenvalue weighted by molar-refractivity contribution is 6.31. The van der Waals surface area contributed by atoms with Crippen molar-refractivity contribution in [2.75, 3.05) is 6.61 Å². The van der Waals surface area contributed by atoms with E-state index >= 15 is 0 Å². The van der Waals surface area contributed by atoms with Crippen LogP contribution < -0.4 is 0 Å². The largest absolute Gasteiger partial charge is 0.394 e. The molecule has 0 aliphatic carbocycles. The Labute approximate surface area is 200 Å². The van der Waals surface area contributed by atoms with Crippen LogP contribution in [-0.4, -0.2) is 52.1 Å². The molecular weight excluding hydrogens is 442 g/mol. The lowest BCUT2D eigenvalue weighted by atomic mass is 9.91. The molecule has 2 aromatic carbocycles. The molecule has 0 saturated carbocycles. The molecule has 2 aromatic rings. The second kappa shape index (κ2) is 12.0. The Kier molecular flexibility index (Phi) is 9.29. The first-order chi connectivity index (χ1) is 15.8. The number of oxime groups is 1. The van der Waals surface area contributed by atoms with E-state index in [1.165, 1.54) is 0 Å². The van der Waals surface area contributed by atoms with Crippen LogP contribution in [0.25, 0.3) is 0 Å². The topological polar surface area (TPSA) is 91.5 Å². The van der Waals surface area contributed by atoms with Crippen LogP contribution in [0.3, 0.4) is 0 Å². The monoisotopic (exact) mass is 475 g/mol. The van der Waals surface area contributed by atoms with Gasteiger partial charge in [-0.3, -0.25) is 0 Å². The maximum atomic E-state index is 10.4. The molecule has 7 heteroatoms. The van der Waals surface area contributed by atoms with E-state index < -0.39 is 24.4 Å². The van der Waals surface area contributed by atoms with Crippen molar-refractivity contribution in [3.63, 3.8) is 0 Å². The van der Waals surface area contributed by atoms with Crippen LogP contribution in [0, 0.1) is 0 Å². The van der Waals surface area contributed by atoms with Gasteiger partial charge in [0.1, 0.15) is 18.3 Å². The molecule has 1 fully saturated rings. The van der Waals surface area contributed by atoms with Gasteiger partial charge in [0.2, 0.25) is 0 Å². The van der Waals surface area contributed by atoms with Crippen molar-refractivity contribution in [2.45, 2.75) is 77.0 Å². The van der Waals surface area contributed by atoms with Crippen LogP contribution in [0.5, 0.6) is 0 Å². The maximum absolute atomic E-state index is 10.4. The fourth-order valence-corrected chi connectivity index (χ4v) is 4.12. The van der Waals surface area contributed by atoms with E-state index in [-0.39, 0.29) is 19.1 Å². The van der Waals surface area contributed by atoms with Crippen LogP contribution in [0.4, 0.5) is 0 Å². The summed E-state index contributed by atoms with van der Waals surface area (Å²) in [5, 5.41) is 35.0. The molecule has 0 bridgehead atoms. The van der Waals surface area contributed by atoms with E-state index in [2.05, 4.69) is 24.2 Å². The average Bonchev–Trinajstić information content (AvgIpc) is 2.80. The second-order valence-corrected chi connectivity index (χ2v) is 9.23. The smallest absolute Gasteiger partial charge is 0.122 e. The molecule has 1 heterocycles. The summed E-state index contributed by atoms with van der Waals surface area (Å²) in [5.74, 6) is 0. The van der Waals surface area contributed by atoms with Gasteiger partial charge in [-0.2, -0.15) is 0 Å². The summed E-state index contributed by atoms with van der Waals surface area (Å²) in [6.07, 6.45) is -0.605. The summed E-state index contributed by atoms with van der Waals surface area (Å²) in [6.45, 7) is 5.81. The van der Waals surface area contributed by atoms with Crippen molar-refractivity contribution in [2.24, 2.45) is 5.16 Å². The molecule has 1 aliphatic heterocycles. The van der Waals surface area contributed by atoms with E-state index in [0.717, 1.165) is 40.8 Å². The van der Waals surface area contributed by atoms with Gasteiger partial charge < -0.3 is 24.9 Å². The SMILES string of the molecule is CCC/C(=N\OC(C)C)c1ccc(Cc2cc([C@@H]3O[C@H](CO)C[C@H](O)[C@H]3O)ccc2Cl)cc1. The normalized spacial score (nSPS) is 23.7. The third-order valence-electron chi connectivity index (χ3n) is 5.69. The standard InChI is InChI=1S/C26H34ClNO5/c1-4-5-23(28-33-16(2)3)18-8-6-17(7-9-18)12-20-13-19(10-11-22(20)27)26-25(31)24(30)14-21(15-29)32-26/h6-11,13,16,21,24-26,29-31H,4-5,12,14-15H2,1-3H3/b28-23+/t21-,24-,25+,26-/m0/s1. The van der Waals surface area contributed by atoms with Crippen molar-refractivity contribution >= 4 is 17.3 Å². The number of ether oxygens (including phenoxy) is 1. The summed E-state index contributed by atoms with van der Waals surface area (Å²) in [4.78, 5) is 5.46. The van der Waals surface area contributed by atoms with E-state index in [9.17, 15) is 15.3 Å². The number of hydrogen-bond acceptors (Lipinski definition) is 6. The van der Waals surface area contributed by atoms with Crippen molar-refractivity contribution < 1.29 is 24.9 Å². The molecule has 0 amide bonds. The lowest BCUT2D eigenvalue weighted by Gasteiger charge is -2.37. The molecule has 6 nitrogen and oxygen atoms in total. The van der Waals surface area contributed by atoms with Crippen molar-refractivity contribution in [1.82, 2.24) is 0 Å². The van der Waals surface area contributed by atoms with Gasteiger partial charge in [-0.25, -0.2) is 0 Å². The molecule has 0 aromatic heterocycles. The predicted octanol–water partition coefficient (Wildman–Crippen LogP) is 4.40. The molecule has 180 valence electrons. The van der Waals surface area contributed by atoms with Crippen LogP contribution >= 0.6 is 11.6 Å². The van der Waals surface area contributed by atoms with Gasteiger partial charge in [-0.1, -0.05) is 66.5 Å². The summed E-state index contributed by atoms with van der Waals surface area (Å²) < 4.78 is 5.83. The minimum absolute atomic E-state index is 0.0333. The van der Waals surface area contributed by atoms with Crippen LogP contribution in [0.1, 0.15) is 68.4 Å². The lowest BCUT2D eigenvalue weighted by molar-refractivity contribution is -0.179. The number of hydrogen-bond donors (Lipinski definition) is 3. The van der Waals surface area contributed by atoms with Crippen molar-refractivity contribution in [3.05, 3.63) is 69.7 Å². The zero-order valence-electron chi connectivity index (χ0n) is 19.4. The molecular formula is C26H34ClNO5. The Morgan fingerprint density at radius 3 is 2.55 bits per heavy atom. The highest BCUT2D eigenvalue weighted by Gasteiger charge is 2.37. The summed E-state index contributed by atoms with van der Waals surface area (Å²) in [5.41, 5.74) is 4.65. The van der Waals surface area contributed by atoms with E-state index in [1.54, 1.807) is 12.1 Å². The van der Waals surface area contributed by atoms with E-state index in [1.807, 2.05) is 32.0 Å². The molecule has 33 heavy (non-hydrogen) atoms. The van der Waals surface area contributed by atoms with Gasteiger partial charge in [0.05, 0.1) is 24.5 Å². The van der Waals surface area contributed by atoms with Gasteiger partial charge in [0.15, 0.2) is 0 Å². The van der Waals surface area contributed by atoms with Crippen molar-refractivity contribution in [3.8, 4) is 0 Å². The predicted molar refractivity (Wildman–Crippen MR) is 130 cm³/mol. The Bertz CT molecular complexity index is 931. The summed E-state index contributed by atoms with van der Waals surface area (Å²) >= 11 is 6.47. The number of nitrogens with zero attached hydrogens (tertiary/aromatic N) is 1. The molecule has 3 N–H and O–H groups in total. The highest BCUT2D eigenvalue weighted by Crippen LogP contribution is 2.34. The number of aliphatic hydroxyl groups excluding tert-OH is 3. The second-order valence-electron chi connectivity index (χ2n) is 8.82. The molecule has 0 unspecified atom stereocenters. The first-order valence-corrected chi connectivity index (χ1v) is 11.9. The maximum Gasteiger partial charge on any atom is 0.122 e. The van der Waals surface area contributed by atoms with Crippen LogP contribution in [-0.2, 0) is 16.0 Å². The van der Waals surface area contributed by atoms with Gasteiger partial charge >= 0.3 is 0 Å². The lowest BCUT2D eigenvalue weighted by Crippen LogP contribution is -2.44. The molecule has 0 spiro atoms. The van der Waals surface area contributed by atoms with Gasteiger partial charge in [-0.05, 0) is 55.0 Å². The molecule has 1 saturated heterocycles. The van der Waals surface area contributed by atoms with Crippen LogP contribution in [0.2, 0.25) is 5.02 Å². The third-order valence-corrected chi connectivity index (χ3v) is 6.06. The van der Waals surface area contributed by atoms with E-state index in [4.69, 9.17) is 21.2 Å². The molecule has 3 rings (SSSR count).